The number of rotatable bonds is 10. The van der Waals surface area contributed by atoms with Gasteiger partial charge in [0.2, 0.25) is 0 Å². The lowest BCUT2D eigenvalue weighted by molar-refractivity contribution is -0.130. The summed E-state index contributed by atoms with van der Waals surface area (Å²) >= 11 is 0. The van der Waals surface area contributed by atoms with Crippen LogP contribution in [0.25, 0.3) is 0 Å². The molecule has 204 valence electrons. The Balaban J connectivity index is 1.71. The van der Waals surface area contributed by atoms with Gasteiger partial charge in [-0.1, -0.05) is 79.5 Å². The van der Waals surface area contributed by atoms with Crippen LogP contribution in [0.2, 0.25) is 0 Å². The molecule has 1 aromatic rings. The van der Waals surface area contributed by atoms with E-state index < -0.39 is 0 Å². The molecule has 0 radical (unpaired) electrons. The Morgan fingerprint density at radius 2 is 2.15 bits per heavy atom. The third-order valence-corrected chi connectivity index (χ3v) is 7.27. The van der Waals surface area contributed by atoms with Gasteiger partial charge >= 0.3 is 0 Å². The first-order valence-corrected chi connectivity index (χ1v) is 14.0. The molecule has 2 atom stereocenters. The molecule has 0 spiro atoms. The van der Waals surface area contributed by atoms with E-state index in [9.17, 15) is 4.79 Å². The van der Waals surface area contributed by atoms with Crippen LogP contribution < -0.4 is 0 Å². The highest BCUT2D eigenvalue weighted by Crippen LogP contribution is 2.24. The summed E-state index contributed by atoms with van der Waals surface area (Å²) in [5.74, 6) is 6.16. The van der Waals surface area contributed by atoms with Gasteiger partial charge < -0.3 is 14.9 Å². The minimum atomic E-state index is -0.172. The molecule has 3 rings (SSSR count). The molecular weight excluding hydrogens is 480 g/mol. The fourth-order valence-corrected chi connectivity index (χ4v) is 4.90. The molecule has 2 aliphatic rings. The summed E-state index contributed by atoms with van der Waals surface area (Å²) in [4.78, 5) is 18.4. The van der Waals surface area contributed by atoms with Crippen molar-refractivity contribution in [2.24, 2.45) is 5.92 Å². The molecule has 1 amide bonds. The van der Waals surface area contributed by atoms with Crippen molar-refractivity contribution in [3.05, 3.63) is 114 Å². The number of amides is 1. The lowest BCUT2D eigenvalue weighted by Crippen LogP contribution is -2.41. The Kier molecular flexibility index (Phi) is 12.6. The largest absolute Gasteiger partial charge is 0.384 e. The van der Waals surface area contributed by atoms with E-state index in [0.717, 1.165) is 62.0 Å². The summed E-state index contributed by atoms with van der Waals surface area (Å²) in [7, 11) is 0. The molecule has 39 heavy (non-hydrogen) atoms. The third kappa shape index (κ3) is 9.89. The monoisotopic (exact) mass is 522 g/mol. The van der Waals surface area contributed by atoms with E-state index in [0.29, 0.717) is 18.0 Å². The number of nitrogens with zero attached hydrogens (tertiary/aromatic N) is 2. The standard InChI is InChI=1S/C35H42N2O2/c1-4-5-8-14-29(2)30(3)21-24-36-23-12-20-34(22-25-36)37(35(39)33-18-9-6-7-10-19-33)28-32-16-11-15-31(27-32)17-13-26-38/h4-9,11,14-16,18-19,27,30,34,38H,2,12,20-26,28H2,1,3H3/b5-4-,14-8-. The fourth-order valence-electron chi connectivity index (χ4n) is 4.90. The maximum atomic E-state index is 13.8. The van der Waals surface area contributed by atoms with Crippen LogP contribution >= 0.6 is 0 Å². The lowest BCUT2D eigenvalue weighted by Gasteiger charge is -2.32. The van der Waals surface area contributed by atoms with Crippen molar-refractivity contribution in [2.75, 3.05) is 26.2 Å². The van der Waals surface area contributed by atoms with Crippen LogP contribution in [-0.4, -0.2) is 53.1 Å². The zero-order chi connectivity index (χ0) is 27.9. The second-order valence-electron chi connectivity index (χ2n) is 10.2. The van der Waals surface area contributed by atoms with Crippen molar-refractivity contribution in [1.82, 2.24) is 9.80 Å². The van der Waals surface area contributed by atoms with Crippen molar-refractivity contribution in [3.63, 3.8) is 0 Å². The van der Waals surface area contributed by atoms with E-state index in [2.05, 4.69) is 48.1 Å². The Hall–Kier alpha value is -3.61. The first kappa shape index (κ1) is 29.9. The number of carbonyl (C=O) groups excluding carboxylic acids is 1. The topological polar surface area (TPSA) is 43.8 Å². The molecule has 1 N–H and O–H groups in total. The Labute approximate surface area is 235 Å². The number of hydrogen-bond donors (Lipinski definition) is 1. The van der Waals surface area contributed by atoms with E-state index >= 15 is 0 Å². The van der Waals surface area contributed by atoms with E-state index in [1.54, 1.807) is 6.08 Å². The van der Waals surface area contributed by atoms with Gasteiger partial charge in [-0.25, -0.2) is 0 Å². The Morgan fingerprint density at radius 1 is 1.28 bits per heavy atom. The molecule has 4 heteroatoms. The molecular formula is C35H42N2O2. The molecule has 1 fully saturated rings. The second-order valence-corrected chi connectivity index (χ2v) is 10.2. The smallest absolute Gasteiger partial charge is 0.255 e. The summed E-state index contributed by atoms with van der Waals surface area (Å²) in [6, 6.07) is 8.11. The van der Waals surface area contributed by atoms with Crippen LogP contribution in [0.4, 0.5) is 0 Å². The van der Waals surface area contributed by atoms with Gasteiger partial charge in [-0.15, -0.1) is 5.73 Å². The van der Waals surface area contributed by atoms with Gasteiger partial charge in [0.15, 0.2) is 0 Å². The first-order valence-electron chi connectivity index (χ1n) is 14.0. The summed E-state index contributed by atoms with van der Waals surface area (Å²) < 4.78 is 0. The summed E-state index contributed by atoms with van der Waals surface area (Å²) in [6.45, 7) is 11.9. The average Bonchev–Trinajstić information content (AvgIpc) is 3.37. The molecule has 1 saturated heterocycles. The number of hydrogen-bond acceptors (Lipinski definition) is 3. The molecule has 1 aliphatic carbocycles. The first-order chi connectivity index (χ1) is 19.0. The van der Waals surface area contributed by atoms with E-state index in [-0.39, 0.29) is 18.6 Å². The zero-order valence-corrected chi connectivity index (χ0v) is 23.5. The number of benzene rings is 1. The van der Waals surface area contributed by atoms with Gasteiger partial charge in [0, 0.05) is 30.3 Å². The van der Waals surface area contributed by atoms with Crippen LogP contribution in [0.5, 0.6) is 0 Å². The van der Waals surface area contributed by atoms with E-state index in [4.69, 9.17) is 5.11 Å². The van der Waals surface area contributed by atoms with Crippen molar-refractivity contribution >= 4 is 5.91 Å². The third-order valence-electron chi connectivity index (χ3n) is 7.27. The summed E-state index contributed by atoms with van der Waals surface area (Å²) in [6.07, 6.45) is 21.5. The molecule has 4 nitrogen and oxygen atoms in total. The van der Waals surface area contributed by atoms with Crippen molar-refractivity contribution in [1.29, 1.82) is 0 Å². The predicted octanol–water partition coefficient (Wildman–Crippen LogP) is 6.14. The van der Waals surface area contributed by atoms with Gasteiger partial charge in [-0.2, -0.15) is 0 Å². The molecule has 2 unspecified atom stereocenters. The van der Waals surface area contributed by atoms with E-state index in [1.165, 1.54) is 0 Å². The maximum Gasteiger partial charge on any atom is 0.255 e. The molecule has 1 aliphatic heterocycles. The second kappa shape index (κ2) is 16.4. The normalized spacial score (nSPS) is 18.3. The van der Waals surface area contributed by atoms with Gasteiger partial charge in [0.1, 0.15) is 6.61 Å². The van der Waals surface area contributed by atoms with Gasteiger partial charge in [0.25, 0.3) is 5.91 Å². The van der Waals surface area contributed by atoms with Crippen LogP contribution in [0.15, 0.2) is 102 Å². The van der Waals surface area contributed by atoms with Crippen LogP contribution in [0.1, 0.15) is 50.7 Å². The van der Waals surface area contributed by atoms with Crippen molar-refractivity contribution in [3.8, 4) is 11.8 Å². The quantitative estimate of drug-likeness (QED) is 0.228. The average molecular weight is 523 g/mol. The van der Waals surface area contributed by atoms with Gasteiger partial charge in [-0.05, 0) is 87.5 Å². The number of aliphatic hydroxyl groups excluding tert-OH is 1. The summed E-state index contributed by atoms with van der Waals surface area (Å²) in [5, 5.41) is 9.08. The number of aliphatic hydroxyl groups is 1. The van der Waals surface area contributed by atoms with E-state index in [1.807, 2.05) is 72.5 Å². The maximum absolute atomic E-state index is 13.8. The van der Waals surface area contributed by atoms with Crippen LogP contribution in [0.3, 0.4) is 0 Å². The number of allylic oxidation sites excluding steroid dienone is 8. The Morgan fingerprint density at radius 3 is 2.97 bits per heavy atom. The lowest BCUT2D eigenvalue weighted by atomic mass is 9.98. The summed E-state index contributed by atoms with van der Waals surface area (Å²) in [5.41, 5.74) is 6.78. The highest BCUT2D eigenvalue weighted by molar-refractivity contribution is 5.96. The highest BCUT2D eigenvalue weighted by Gasteiger charge is 2.28. The molecule has 0 saturated carbocycles. The van der Waals surface area contributed by atoms with Gasteiger partial charge in [0.05, 0.1) is 0 Å². The van der Waals surface area contributed by atoms with Crippen molar-refractivity contribution < 1.29 is 9.90 Å². The minimum absolute atomic E-state index is 0.0329. The SMILES string of the molecule is C=C(/C=C\C=C/C)C(C)CCN1CCCC(N(Cc2cccc(C#CCO)c2)C(=O)C2=CC=CC=C=C2)CC1. The molecule has 1 aromatic carbocycles. The van der Waals surface area contributed by atoms with Crippen LogP contribution in [-0.2, 0) is 11.3 Å². The predicted molar refractivity (Wildman–Crippen MR) is 162 cm³/mol. The molecule has 1 heterocycles. The number of likely N-dealkylation sites (tertiary alicyclic amines) is 1. The highest BCUT2D eigenvalue weighted by atomic mass is 16.2. The molecule has 0 bridgehead atoms. The zero-order valence-electron chi connectivity index (χ0n) is 23.5. The molecule has 0 aromatic heterocycles. The van der Waals surface area contributed by atoms with Crippen LogP contribution in [0, 0.1) is 17.8 Å². The number of carbonyl (C=O) groups is 1. The van der Waals surface area contributed by atoms with Crippen molar-refractivity contribution in [2.45, 2.75) is 52.1 Å². The van der Waals surface area contributed by atoms with Gasteiger partial charge in [-0.3, -0.25) is 4.79 Å². The fraction of sp³-hybridized carbons (Fsp3) is 0.371. The minimum Gasteiger partial charge on any atom is -0.384 e. The Bertz CT molecular complexity index is 1230.